The molecule has 0 aliphatic heterocycles. The topological polar surface area (TPSA) is 316 Å². The summed E-state index contributed by atoms with van der Waals surface area (Å²) in [6.45, 7) is 9.12. The third-order valence-electron chi connectivity index (χ3n) is 8.74. The van der Waals surface area contributed by atoms with Crippen LogP contribution in [0.3, 0.4) is 0 Å². The van der Waals surface area contributed by atoms with E-state index >= 15 is 0 Å². The van der Waals surface area contributed by atoms with Crippen LogP contribution in [0.1, 0.15) is 66.4 Å². The van der Waals surface area contributed by atoms with Crippen molar-refractivity contribution < 1.29 is 58.8 Å². The molecule has 1 aromatic rings. The van der Waals surface area contributed by atoms with Crippen molar-refractivity contribution in [2.45, 2.75) is 110 Å². The number of aliphatic hydroxyl groups is 1. The maximum absolute atomic E-state index is 13.9. The summed E-state index contributed by atoms with van der Waals surface area (Å²) < 4.78 is 0. The van der Waals surface area contributed by atoms with Crippen molar-refractivity contribution in [3.05, 3.63) is 29.8 Å². The van der Waals surface area contributed by atoms with Gasteiger partial charge in [0.1, 0.15) is 42.0 Å². The molecule has 19 nitrogen and oxygen atoms in total. The number of carboxylic acids is 2. The Balaban J connectivity index is 3.37. The molecule has 314 valence electrons. The van der Waals surface area contributed by atoms with E-state index in [0.717, 1.165) is 0 Å². The number of aliphatic carboxylic acids is 2. The molecular formula is C36H57N7O12S. The molecule has 0 heterocycles. The molecule has 20 heteroatoms. The number of benzene rings is 1. The molecule has 0 radical (unpaired) electrons. The minimum atomic E-state index is -1.73. The van der Waals surface area contributed by atoms with Crippen LogP contribution in [0.2, 0.25) is 0 Å². The molecule has 1 rings (SSSR count). The van der Waals surface area contributed by atoms with Gasteiger partial charge in [-0.05, 0) is 41.9 Å². The van der Waals surface area contributed by atoms with E-state index in [1.54, 1.807) is 13.8 Å². The summed E-state index contributed by atoms with van der Waals surface area (Å²) in [7, 11) is 0. The van der Waals surface area contributed by atoms with Crippen LogP contribution < -0.4 is 37.6 Å². The number of aliphatic hydroxyl groups excluding tert-OH is 1. The standard InChI is InChI=1S/C36H57N7O12S/c1-7-19(6)29(35(53)39-24(14-27(46)47)32(50)42-28(18(4)5)36(54)55)43-31(49)23(13-20-8-10-21(45)11-9-20)38-33(51)25(15-44)40-34(52)26(16-56)41-30(48)22(37)12-17(2)3/h8-11,17-19,22-26,28-29,44-45,56H,7,12-16,37H2,1-6H3,(H,38,51)(H,39,53)(H,40,52)(H,41,48)(H,42,50)(H,43,49)(H,46,47)(H,54,55)/t19-,22-,23-,24-,25-,26-,28-,29-/m0/s1. The zero-order valence-electron chi connectivity index (χ0n) is 32.4. The van der Waals surface area contributed by atoms with Gasteiger partial charge in [0.2, 0.25) is 35.4 Å². The van der Waals surface area contributed by atoms with Crippen LogP contribution in [0.15, 0.2) is 24.3 Å². The van der Waals surface area contributed by atoms with E-state index in [1.165, 1.54) is 38.1 Å². The number of carboxylic acid groups (broad SMARTS) is 2. The van der Waals surface area contributed by atoms with Crippen molar-refractivity contribution >= 4 is 60.0 Å². The van der Waals surface area contributed by atoms with Gasteiger partial charge >= 0.3 is 11.9 Å². The SMILES string of the molecule is CC[C@H](C)[C@H](NC(=O)[C@H](Cc1ccc(O)cc1)NC(=O)[C@H](CO)NC(=O)[C@H](CS)NC(=O)[C@@H](N)CC(C)C)C(=O)N[C@@H](CC(=O)O)C(=O)N[C@H](C(=O)O)C(C)C. The lowest BCUT2D eigenvalue weighted by Crippen LogP contribution is -2.61. The van der Waals surface area contributed by atoms with Crippen LogP contribution in [0.5, 0.6) is 5.75 Å². The molecule has 8 atom stereocenters. The normalized spacial score (nSPS) is 15.5. The van der Waals surface area contributed by atoms with E-state index in [9.17, 15) is 58.8 Å². The van der Waals surface area contributed by atoms with Gasteiger partial charge in [-0.3, -0.25) is 33.6 Å². The van der Waals surface area contributed by atoms with Crippen LogP contribution >= 0.6 is 12.6 Å². The lowest BCUT2D eigenvalue weighted by Gasteiger charge is -2.29. The Hall–Kier alpha value is -4.95. The van der Waals surface area contributed by atoms with Crippen molar-refractivity contribution in [3.8, 4) is 5.75 Å². The first-order chi connectivity index (χ1) is 26.1. The van der Waals surface area contributed by atoms with Gasteiger partial charge < -0.3 is 58.1 Å². The maximum Gasteiger partial charge on any atom is 0.326 e. The van der Waals surface area contributed by atoms with Crippen molar-refractivity contribution in [1.82, 2.24) is 31.9 Å². The zero-order valence-corrected chi connectivity index (χ0v) is 33.3. The van der Waals surface area contributed by atoms with E-state index in [1.807, 2.05) is 13.8 Å². The highest BCUT2D eigenvalue weighted by Crippen LogP contribution is 2.14. The summed E-state index contributed by atoms with van der Waals surface area (Å²) in [5.41, 5.74) is 6.35. The molecule has 0 aliphatic rings. The first-order valence-corrected chi connectivity index (χ1v) is 18.8. The van der Waals surface area contributed by atoms with Crippen LogP contribution in [-0.2, 0) is 44.8 Å². The molecule has 56 heavy (non-hydrogen) atoms. The fraction of sp³-hybridized carbons (Fsp3) is 0.611. The summed E-state index contributed by atoms with van der Waals surface area (Å²) in [4.78, 5) is 103. The monoisotopic (exact) mass is 811 g/mol. The van der Waals surface area contributed by atoms with Gasteiger partial charge in [-0.25, -0.2) is 4.79 Å². The van der Waals surface area contributed by atoms with Gasteiger partial charge in [-0.2, -0.15) is 12.6 Å². The molecule has 0 saturated heterocycles. The number of rotatable bonds is 24. The van der Waals surface area contributed by atoms with Gasteiger partial charge in [-0.1, -0.05) is 60.1 Å². The Morgan fingerprint density at radius 1 is 0.679 bits per heavy atom. The third kappa shape index (κ3) is 16.4. The number of thiol groups is 1. The number of aromatic hydroxyl groups is 1. The number of nitrogens with two attached hydrogens (primary N) is 1. The average Bonchev–Trinajstić information content (AvgIpc) is 3.12. The quantitative estimate of drug-likeness (QED) is 0.0525. The summed E-state index contributed by atoms with van der Waals surface area (Å²) in [5, 5.41) is 53.1. The molecule has 0 fully saturated rings. The molecule has 0 spiro atoms. The van der Waals surface area contributed by atoms with Crippen LogP contribution in [0.25, 0.3) is 0 Å². The number of hydrogen-bond donors (Lipinski definition) is 12. The Kier molecular flexibility index (Phi) is 20.9. The van der Waals surface area contributed by atoms with E-state index in [4.69, 9.17) is 5.73 Å². The highest BCUT2D eigenvalue weighted by molar-refractivity contribution is 7.80. The highest BCUT2D eigenvalue weighted by atomic mass is 32.1. The Morgan fingerprint density at radius 3 is 1.64 bits per heavy atom. The summed E-state index contributed by atoms with van der Waals surface area (Å²) >= 11 is 4.11. The van der Waals surface area contributed by atoms with Gasteiger partial charge in [0.05, 0.1) is 19.1 Å². The first-order valence-electron chi connectivity index (χ1n) is 18.2. The smallest absolute Gasteiger partial charge is 0.326 e. The van der Waals surface area contributed by atoms with E-state index in [2.05, 4.69) is 44.5 Å². The predicted octanol–water partition coefficient (Wildman–Crippen LogP) is -1.60. The molecule has 0 bridgehead atoms. The second-order valence-electron chi connectivity index (χ2n) is 14.3. The van der Waals surface area contributed by atoms with E-state index < -0.39 is 115 Å². The Morgan fingerprint density at radius 2 is 1.16 bits per heavy atom. The molecule has 12 N–H and O–H groups in total. The summed E-state index contributed by atoms with van der Waals surface area (Å²) in [6.07, 6.45) is -0.513. The molecule has 0 unspecified atom stereocenters. The van der Waals surface area contributed by atoms with E-state index in [0.29, 0.717) is 18.4 Å². The molecule has 0 aliphatic carbocycles. The summed E-state index contributed by atoms with van der Waals surface area (Å²) in [5.74, 6) is -9.79. The van der Waals surface area contributed by atoms with Crippen LogP contribution in [0, 0.1) is 17.8 Å². The van der Waals surface area contributed by atoms with Crippen molar-refractivity contribution in [2.24, 2.45) is 23.5 Å². The number of hydrogen-bond acceptors (Lipinski definition) is 12. The minimum Gasteiger partial charge on any atom is -0.508 e. The second kappa shape index (κ2) is 23.9. The van der Waals surface area contributed by atoms with Crippen LogP contribution in [0.4, 0.5) is 0 Å². The van der Waals surface area contributed by atoms with Gasteiger partial charge in [0.25, 0.3) is 0 Å². The van der Waals surface area contributed by atoms with Crippen molar-refractivity contribution in [1.29, 1.82) is 0 Å². The fourth-order valence-corrected chi connectivity index (χ4v) is 5.53. The molecule has 0 aromatic heterocycles. The lowest BCUT2D eigenvalue weighted by molar-refractivity contribution is -0.144. The summed E-state index contributed by atoms with van der Waals surface area (Å²) in [6, 6.07) is -4.22. The molecule has 0 saturated carbocycles. The third-order valence-corrected chi connectivity index (χ3v) is 9.10. The molecule has 1 aromatic carbocycles. The molecule has 6 amide bonds. The van der Waals surface area contributed by atoms with Crippen LogP contribution in [-0.4, -0.2) is 122 Å². The first kappa shape index (κ1) is 49.1. The average molecular weight is 812 g/mol. The maximum atomic E-state index is 13.9. The Bertz CT molecular complexity index is 1530. The lowest BCUT2D eigenvalue weighted by atomic mass is 9.96. The number of carbonyl (C=O) groups excluding carboxylic acids is 6. The number of phenolic OH excluding ortho intramolecular Hbond substituents is 1. The minimum absolute atomic E-state index is 0.0885. The van der Waals surface area contributed by atoms with Gasteiger partial charge in [0, 0.05) is 12.2 Å². The number of carbonyl (C=O) groups is 8. The largest absolute Gasteiger partial charge is 0.508 e. The van der Waals surface area contributed by atoms with Gasteiger partial charge in [0.15, 0.2) is 0 Å². The van der Waals surface area contributed by atoms with E-state index in [-0.39, 0.29) is 23.8 Å². The zero-order chi connectivity index (χ0) is 42.9. The van der Waals surface area contributed by atoms with Crippen molar-refractivity contribution in [3.63, 3.8) is 0 Å². The number of phenols is 1. The van der Waals surface area contributed by atoms with Crippen molar-refractivity contribution in [2.75, 3.05) is 12.4 Å². The fourth-order valence-electron chi connectivity index (χ4n) is 5.27. The predicted molar refractivity (Wildman–Crippen MR) is 206 cm³/mol. The highest BCUT2D eigenvalue weighted by Gasteiger charge is 2.36. The Labute approximate surface area is 331 Å². The van der Waals surface area contributed by atoms with Gasteiger partial charge in [-0.15, -0.1) is 0 Å². The number of nitrogens with one attached hydrogen (secondary N) is 6. The number of amides is 6. The second-order valence-corrected chi connectivity index (χ2v) is 14.6. The molecular weight excluding hydrogens is 755 g/mol.